The first-order valence-corrected chi connectivity index (χ1v) is 5.31. The molecular formula is C10H16N4O. The minimum atomic E-state index is 0.265. The van der Waals surface area contributed by atoms with Gasteiger partial charge in [0.15, 0.2) is 0 Å². The minimum absolute atomic E-state index is 0.265. The molecule has 5 nitrogen and oxygen atoms in total. The largest absolute Gasteiger partial charge is 0.396 e. The average molecular weight is 208 g/mol. The number of amides is 1. The average Bonchev–Trinajstić information content (AvgIpc) is 2.63. The summed E-state index contributed by atoms with van der Waals surface area (Å²) < 4.78 is 1.78. The van der Waals surface area contributed by atoms with Gasteiger partial charge >= 0.3 is 0 Å². The number of hydrogen-bond acceptors (Lipinski definition) is 3. The van der Waals surface area contributed by atoms with Crippen LogP contribution in [0.15, 0.2) is 12.4 Å². The number of nitrogens with zero attached hydrogens (tertiary/aromatic N) is 3. The molecule has 1 fully saturated rings. The van der Waals surface area contributed by atoms with Crippen LogP contribution in [0, 0.1) is 0 Å². The highest BCUT2D eigenvalue weighted by Crippen LogP contribution is 2.10. The summed E-state index contributed by atoms with van der Waals surface area (Å²) in [4.78, 5) is 13.4. The van der Waals surface area contributed by atoms with E-state index in [2.05, 4.69) is 5.10 Å². The minimum Gasteiger partial charge on any atom is -0.396 e. The molecule has 1 saturated heterocycles. The van der Waals surface area contributed by atoms with Crippen LogP contribution < -0.4 is 5.73 Å². The molecule has 0 saturated carbocycles. The SMILES string of the molecule is Nc1cnn(CCN2CCCCC2=O)c1. The van der Waals surface area contributed by atoms with Crippen LogP contribution in [0.4, 0.5) is 5.69 Å². The Morgan fingerprint density at radius 2 is 2.27 bits per heavy atom. The van der Waals surface area contributed by atoms with E-state index < -0.39 is 0 Å². The second-order valence-electron chi connectivity index (χ2n) is 3.87. The van der Waals surface area contributed by atoms with Gasteiger partial charge in [0.05, 0.1) is 18.4 Å². The molecule has 2 N–H and O–H groups in total. The number of nitrogens with two attached hydrogens (primary N) is 1. The van der Waals surface area contributed by atoms with Crippen molar-refractivity contribution in [2.24, 2.45) is 0 Å². The van der Waals surface area contributed by atoms with Crippen molar-refractivity contribution < 1.29 is 4.79 Å². The second-order valence-corrected chi connectivity index (χ2v) is 3.87. The van der Waals surface area contributed by atoms with Gasteiger partial charge in [-0.25, -0.2) is 0 Å². The molecule has 2 heterocycles. The van der Waals surface area contributed by atoms with Crippen molar-refractivity contribution in [3.05, 3.63) is 12.4 Å². The van der Waals surface area contributed by atoms with Crippen molar-refractivity contribution in [3.8, 4) is 0 Å². The lowest BCUT2D eigenvalue weighted by Gasteiger charge is -2.26. The van der Waals surface area contributed by atoms with Crippen molar-refractivity contribution in [2.75, 3.05) is 18.8 Å². The number of hydrogen-bond donors (Lipinski definition) is 1. The van der Waals surface area contributed by atoms with E-state index in [1.165, 1.54) is 0 Å². The van der Waals surface area contributed by atoms with Crippen LogP contribution in [0.25, 0.3) is 0 Å². The number of carbonyl (C=O) groups is 1. The summed E-state index contributed by atoms with van der Waals surface area (Å²) in [7, 11) is 0. The van der Waals surface area contributed by atoms with Crippen LogP contribution >= 0.6 is 0 Å². The first-order chi connectivity index (χ1) is 7.25. The maximum absolute atomic E-state index is 11.5. The van der Waals surface area contributed by atoms with E-state index in [4.69, 9.17) is 5.73 Å². The number of piperidine rings is 1. The van der Waals surface area contributed by atoms with Gasteiger partial charge in [-0.05, 0) is 12.8 Å². The molecule has 0 aliphatic carbocycles. The lowest BCUT2D eigenvalue weighted by Crippen LogP contribution is -2.37. The summed E-state index contributed by atoms with van der Waals surface area (Å²) in [6.07, 6.45) is 6.25. The van der Waals surface area contributed by atoms with Crippen LogP contribution in [-0.4, -0.2) is 33.7 Å². The summed E-state index contributed by atoms with van der Waals surface area (Å²) in [6, 6.07) is 0. The third-order valence-electron chi connectivity index (χ3n) is 2.67. The third-order valence-corrected chi connectivity index (χ3v) is 2.67. The summed E-state index contributed by atoms with van der Waals surface area (Å²) in [5.74, 6) is 0.265. The van der Waals surface area contributed by atoms with Crippen molar-refractivity contribution in [2.45, 2.75) is 25.8 Å². The first kappa shape index (κ1) is 10.0. The molecule has 1 aliphatic heterocycles. The van der Waals surface area contributed by atoms with Crippen LogP contribution in [0.3, 0.4) is 0 Å². The quantitative estimate of drug-likeness (QED) is 0.785. The molecule has 1 aromatic heterocycles. The Balaban J connectivity index is 1.84. The fourth-order valence-corrected chi connectivity index (χ4v) is 1.82. The molecule has 0 aromatic carbocycles. The van der Waals surface area contributed by atoms with Gasteiger partial charge in [-0.15, -0.1) is 0 Å². The lowest BCUT2D eigenvalue weighted by molar-refractivity contribution is -0.133. The maximum atomic E-state index is 11.5. The molecule has 0 unspecified atom stereocenters. The van der Waals surface area contributed by atoms with E-state index >= 15 is 0 Å². The molecular weight excluding hydrogens is 192 g/mol. The van der Waals surface area contributed by atoms with Crippen LogP contribution in [-0.2, 0) is 11.3 Å². The summed E-state index contributed by atoms with van der Waals surface area (Å²) in [6.45, 7) is 2.35. The van der Waals surface area contributed by atoms with E-state index in [9.17, 15) is 4.79 Å². The molecule has 5 heteroatoms. The molecule has 2 rings (SSSR count). The number of likely N-dealkylation sites (tertiary alicyclic amines) is 1. The van der Waals surface area contributed by atoms with Crippen LogP contribution in [0.2, 0.25) is 0 Å². The highest BCUT2D eigenvalue weighted by atomic mass is 16.2. The molecule has 0 bridgehead atoms. The van der Waals surface area contributed by atoms with E-state index in [0.29, 0.717) is 12.1 Å². The smallest absolute Gasteiger partial charge is 0.222 e. The Kier molecular flexibility index (Phi) is 2.89. The standard InChI is InChI=1S/C10H16N4O/c11-9-7-12-14(8-9)6-5-13-4-2-1-3-10(13)15/h7-8H,1-6,11H2. The lowest BCUT2D eigenvalue weighted by atomic mass is 10.1. The van der Waals surface area contributed by atoms with E-state index in [1.807, 2.05) is 4.90 Å². The Morgan fingerprint density at radius 3 is 2.93 bits per heavy atom. The van der Waals surface area contributed by atoms with Gasteiger partial charge in [0.25, 0.3) is 0 Å². The molecule has 1 amide bonds. The third kappa shape index (κ3) is 2.49. The number of anilines is 1. The Morgan fingerprint density at radius 1 is 1.40 bits per heavy atom. The van der Waals surface area contributed by atoms with E-state index in [-0.39, 0.29) is 5.91 Å². The molecule has 0 radical (unpaired) electrons. The fraction of sp³-hybridized carbons (Fsp3) is 0.600. The normalized spacial score (nSPS) is 17.1. The molecule has 15 heavy (non-hydrogen) atoms. The monoisotopic (exact) mass is 208 g/mol. The zero-order valence-corrected chi connectivity index (χ0v) is 8.72. The molecule has 1 aliphatic rings. The number of rotatable bonds is 3. The van der Waals surface area contributed by atoms with Gasteiger partial charge in [-0.2, -0.15) is 5.10 Å². The second kappa shape index (κ2) is 4.33. The first-order valence-electron chi connectivity index (χ1n) is 5.31. The molecule has 0 atom stereocenters. The predicted octanol–water partition coefficient (Wildman–Crippen LogP) is 0.478. The molecule has 0 spiro atoms. The highest BCUT2D eigenvalue weighted by Gasteiger charge is 2.17. The van der Waals surface area contributed by atoms with Gasteiger partial charge < -0.3 is 10.6 Å². The zero-order chi connectivity index (χ0) is 10.7. The van der Waals surface area contributed by atoms with Gasteiger partial charge in [0, 0.05) is 25.7 Å². The Bertz CT molecular complexity index is 347. The number of carbonyl (C=O) groups excluding carboxylic acids is 1. The summed E-state index contributed by atoms with van der Waals surface area (Å²) in [5.41, 5.74) is 6.22. The van der Waals surface area contributed by atoms with Gasteiger partial charge in [-0.1, -0.05) is 0 Å². The van der Waals surface area contributed by atoms with Crippen molar-refractivity contribution in [3.63, 3.8) is 0 Å². The molecule has 1 aromatic rings. The van der Waals surface area contributed by atoms with E-state index in [1.54, 1.807) is 17.1 Å². The Hall–Kier alpha value is -1.52. The van der Waals surface area contributed by atoms with Crippen molar-refractivity contribution in [1.82, 2.24) is 14.7 Å². The van der Waals surface area contributed by atoms with Crippen molar-refractivity contribution in [1.29, 1.82) is 0 Å². The highest BCUT2D eigenvalue weighted by molar-refractivity contribution is 5.76. The van der Waals surface area contributed by atoms with Gasteiger partial charge in [0.1, 0.15) is 0 Å². The summed E-state index contributed by atoms with van der Waals surface area (Å²) in [5, 5.41) is 4.08. The van der Waals surface area contributed by atoms with Gasteiger partial charge in [-0.3, -0.25) is 9.48 Å². The van der Waals surface area contributed by atoms with Crippen molar-refractivity contribution >= 4 is 11.6 Å². The van der Waals surface area contributed by atoms with Crippen LogP contribution in [0.5, 0.6) is 0 Å². The summed E-state index contributed by atoms with van der Waals surface area (Å²) >= 11 is 0. The topological polar surface area (TPSA) is 64.2 Å². The molecule has 82 valence electrons. The number of aromatic nitrogens is 2. The van der Waals surface area contributed by atoms with Crippen LogP contribution in [0.1, 0.15) is 19.3 Å². The number of nitrogen functional groups attached to an aromatic ring is 1. The van der Waals surface area contributed by atoms with E-state index in [0.717, 1.165) is 32.5 Å². The predicted molar refractivity (Wildman–Crippen MR) is 57.1 cm³/mol. The zero-order valence-electron chi connectivity index (χ0n) is 8.72. The Labute approximate surface area is 88.8 Å². The maximum Gasteiger partial charge on any atom is 0.222 e. The van der Waals surface area contributed by atoms with Gasteiger partial charge in [0.2, 0.25) is 5.91 Å². The fourth-order valence-electron chi connectivity index (χ4n) is 1.82.